The summed E-state index contributed by atoms with van der Waals surface area (Å²) in [5.74, 6) is 0.910. The highest BCUT2D eigenvalue weighted by atomic mass is 16.2. The molecule has 0 saturated heterocycles. The molecule has 14 heavy (non-hydrogen) atoms. The first-order valence-electron chi connectivity index (χ1n) is 5.70. The van der Waals surface area contributed by atoms with E-state index in [4.69, 9.17) is 5.73 Å². The lowest BCUT2D eigenvalue weighted by Gasteiger charge is -2.27. The number of hydrogen-bond acceptors (Lipinski definition) is 2. The van der Waals surface area contributed by atoms with E-state index in [9.17, 15) is 4.79 Å². The third kappa shape index (κ3) is 2.08. The van der Waals surface area contributed by atoms with Crippen LogP contribution in [0.15, 0.2) is 0 Å². The van der Waals surface area contributed by atoms with Gasteiger partial charge in [0.25, 0.3) is 0 Å². The molecule has 2 aliphatic rings. The summed E-state index contributed by atoms with van der Waals surface area (Å²) in [6, 6.07) is 0.389. The van der Waals surface area contributed by atoms with E-state index >= 15 is 0 Å². The van der Waals surface area contributed by atoms with Crippen molar-refractivity contribution < 1.29 is 4.79 Å². The molecule has 2 fully saturated rings. The second kappa shape index (κ2) is 3.54. The molecule has 0 aromatic rings. The molecule has 2 aliphatic carbocycles. The minimum Gasteiger partial charge on any atom is -0.352 e. The Labute approximate surface area is 85.4 Å². The maximum atomic E-state index is 11.6. The van der Waals surface area contributed by atoms with Crippen LogP contribution in [0.2, 0.25) is 0 Å². The van der Waals surface area contributed by atoms with Gasteiger partial charge in [0.2, 0.25) is 5.91 Å². The van der Waals surface area contributed by atoms with Crippen molar-refractivity contribution in [2.45, 2.75) is 57.0 Å². The van der Waals surface area contributed by atoms with Crippen LogP contribution in [0, 0.1) is 5.92 Å². The summed E-state index contributed by atoms with van der Waals surface area (Å²) in [5.41, 5.74) is 5.33. The predicted octanol–water partition coefficient (Wildman–Crippen LogP) is 1.17. The van der Waals surface area contributed by atoms with Crippen LogP contribution in [0.1, 0.15) is 45.4 Å². The van der Waals surface area contributed by atoms with Crippen molar-refractivity contribution in [1.29, 1.82) is 0 Å². The van der Waals surface area contributed by atoms with E-state index in [2.05, 4.69) is 12.2 Å². The van der Waals surface area contributed by atoms with Crippen LogP contribution in [0.5, 0.6) is 0 Å². The van der Waals surface area contributed by atoms with Crippen LogP contribution in [0.3, 0.4) is 0 Å². The lowest BCUT2D eigenvalue weighted by Crippen LogP contribution is -2.48. The molecule has 3 N–H and O–H groups in total. The van der Waals surface area contributed by atoms with Crippen molar-refractivity contribution in [2.75, 3.05) is 0 Å². The van der Waals surface area contributed by atoms with Crippen molar-refractivity contribution in [3.05, 3.63) is 0 Å². The van der Waals surface area contributed by atoms with Gasteiger partial charge in [-0.25, -0.2) is 0 Å². The molecule has 0 unspecified atom stereocenters. The Morgan fingerprint density at radius 2 is 1.86 bits per heavy atom. The van der Waals surface area contributed by atoms with Crippen molar-refractivity contribution in [2.24, 2.45) is 11.7 Å². The fourth-order valence-corrected chi connectivity index (χ4v) is 2.10. The number of nitrogens with two attached hydrogens (primary N) is 1. The molecule has 80 valence electrons. The number of amides is 1. The van der Waals surface area contributed by atoms with Gasteiger partial charge < -0.3 is 11.1 Å². The number of rotatable bonds is 2. The Hall–Kier alpha value is -0.570. The number of carbonyl (C=O) groups excluding carboxylic acids is 1. The van der Waals surface area contributed by atoms with Crippen molar-refractivity contribution >= 4 is 5.91 Å². The van der Waals surface area contributed by atoms with Gasteiger partial charge in [-0.05, 0) is 44.4 Å². The van der Waals surface area contributed by atoms with Crippen LogP contribution in [0.4, 0.5) is 0 Å². The van der Waals surface area contributed by atoms with Crippen molar-refractivity contribution in [3.63, 3.8) is 0 Å². The molecule has 0 heterocycles. The van der Waals surface area contributed by atoms with Crippen LogP contribution >= 0.6 is 0 Å². The zero-order valence-corrected chi connectivity index (χ0v) is 8.88. The minimum absolute atomic E-state index is 0.0806. The molecule has 2 saturated carbocycles. The number of nitrogens with one attached hydrogen (secondary N) is 1. The average Bonchev–Trinajstić information content (AvgIpc) is 2.89. The van der Waals surface area contributed by atoms with E-state index < -0.39 is 5.54 Å². The van der Waals surface area contributed by atoms with E-state index in [0.717, 1.165) is 31.6 Å². The lowest BCUT2D eigenvalue weighted by atomic mass is 9.87. The highest BCUT2D eigenvalue weighted by molar-refractivity contribution is 5.89. The van der Waals surface area contributed by atoms with Crippen LogP contribution in [0.25, 0.3) is 0 Å². The molecule has 0 aromatic carbocycles. The molecule has 3 heteroatoms. The maximum absolute atomic E-state index is 11.6. The molecule has 0 radical (unpaired) electrons. The van der Waals surface area contributed by atoms with Gasteiger partial charge in [0.15, 0.2) is 0 Å². The van der Waals surface area contributed by atoms with Crippen molar-refractivity contribution in [1.82, 2.24) is 5.32 Å². The fourth-order valence-electron chi connectivity index (χ4n) is 2.10. The second-order valence-electron chi connectivity index (χ2n) is 5.09. The van der Waals surface area contributed by atoms with E-state index in [1.165, 1.54) is 12.8 Å². The lowest BCUT2D eigenvalue weighted by molar-refractivity contribution is -0.124. The van der Waals surface area contributed by atoms with E-state index in [-0.39, 0.29) is 5.91 Å². The quantitative estimate of drug-likeness (QED) is 0.696. The molecule has 2 rings (SSSR count). The van der Waals surface area contributed by atoms with Gasteiger partial charge in [0, 0.05) is 6.04 Å². The normalized spacial score (nSPS) is 35.0. The zero-order chi connectivity index (χ0) is 10.2. The summed E-state index contributed by atoms with van der Waals surface area (Å²) < 4.78 is 0. The molecular weight excluding hydrogens is 176 g/mol. The summed E-state index contributed by atoms with van der Waals surface area (Å²) >= 11 is 0. The summed E-state index contributed by atoms with van der Waals surface area (Å²) in [7, 11) is 0. The minimum atomic E-state index is -0.497. The standard InChI is InChI=1S/C11H20N2O/c1-8-2-4-9(5-3-8)13-10(14)11(12)6-7-11/h8-9H,2-7,12H2,1H3,(H,13,14). The Morgan fingerprint density at radius 1 is 1.29 bits per heavy atom. The van der Waals surface area contributed by atoms with Gasteiger partial charge in [0.05, 0.1) is 5.54 Å². The fraction of sp³-hybridized carbons (Fsp3) is 0.909. The molecule has 1 amide bonds. The van der Waals surface area contributed by atoms with Gasteiger partial charge in [-0.2, -0.15) is 0 Å². The highest BCUT2D eigenvalue weighted by Crippen LogP contribution is 2.33. The van der Waals surface area contributed by atoms with Gasteiger partial charge in [-0.3, -0.25) is 4.79 Å². The van der Waals surface area contributed by atoms with Gasteiger partial charge in [-0.1, -0.05) is 6.92 Å². The monoisotopic (exact) mass is 196 g/mol. The van der Waals surface area contributed by atoms with E-state index in [1.807, 2.05) is 0 Å². The Morgan fingerprint density at radius 3 is 2.36 bits per heavy atom. The maximum Gasteiger partial charge on any atom is 0.240 e. The first-order chi connectivity index (χ1) is 6.60. The average molecular weight is 196 g/mol. The second-order valence-corrected chi connectivity index (χ2v) is 5.09. The van der Waals surface area contributed by atoms with Gasteiger partial charge in [0.1, 0.15) is 0 Å². The van der Waals surface area contributed by atoms with Gasteiger partial charge >= 0.3 is 0 Å². The topological polar surface area (TPSA) is 55.1 Å². The molecule has 3 nitrogen and oxygen atoms in total. The summed E-state index contributed by atoms with van der Waals surface area (Å²) in [5, 5.41) is 3.08. The third-order valence-corrected chi connectivity index (χ3v) is 3.59. The largest absolute Gasteiger partial charge is 0.352 e. The summed E-state index contributed by atoms with van der Waals surface area (Å²) in [6.45, 7) is 2.28. The van der Waals surface area contributed by atoms with Crippen LogP contribution in [-0.4, -0.2) is 17.5 Å². The Balaban J connectivity index is 1.78. The van der Waals surface area contributed by atoms with Crippen LogP contribution < -0.4 is 11.1 Å². The van der Waals surface area contributed by atoms with Gasteiger partial charge in [-0.15, -0.1) is 0 Å². The first-order valence-corrected chi connectivity index (χ1v) is 5.70. The van der Waals surface area contributed by atoms with E-state index in [1.54, 1.807) is 0 Å². The zero-order valence-electron chi connectivity index (χ0n) is 8.88. The molecular formula is C11H20N2O. The number of hydrogen-bond donors (Lipinski definition) is 2. The Kier molecular flexibility index (Phi) is 2.52. The molecule has 0 aromatic heterocycles. The third-order valence-electron chi connectivity index (χ3n) is 3.59. The molecule has 0 spiro atoms. The first kappa shape index (κ1) is 9.97. The predicted molar refractivity (Wildman–Crippen MR) is 55.7 cm³/mol. The Bertz CT molecular complexity index is 227. The molecule has 0 atom stereocenters. The SMILES string of the molecule is CC1CCC(NC(=O)C2(N)CC2)CC1. The molecule has 0 aliphatic heterocycles. The van der Waals surface area contributed by atoms with Crippen molar-refractivity contribution in [3.8, 4) is 0 Å². The summed E-state index contributed by atoms with van der Waals surface area (Å²) in [6.07, 6.45) is 6.46. The van der Waals surface area contributed by atoms with Crippen LogP contribution in [-0.2, 0) is 4.79 Å². The smallest absolute Gasteiger partial charge is 0.240 e. The molecule has 0 bridgehead atoms. The highest BCUT2D eigenvalue weighted by Gasteiger charge is 2.46. The number of carbonyl (C=O) groups is 1. The van der Waals surface area contributed by atoms with E-state index in [0.29, 0.717) is 6.04 Å². The summed E-state index contributed by atoms with van der Waals surface area (Å²) in [4.78, 5) is 11.6.